The van der Waals surface area contributed by atoms with E-state index >= 15 is 0 Å². The van der Waals surface area contributed by atoms with Gasteiger partial charge in [0.15, 0.2) is 0 Å². The second-order valence-electron chi connectivity index (χ2n) is 4.39. The zero-order valence-electron chi connectivity index (χ0n) is 9.34. The fraction of sp³-hybridized carbons (Fsp3) is 0.364. The third kappa shape index (κ3) is 2.64. The van der Waals surface area contributed by atoms with Crippen LogP contribution in [0.2, 0.25) is 0 Å². The van der Waals surface area contributed by atoms with E-state index in [4.69, 9.17) is 10.3 Å². The predicted molar refractivity (Wildman–Crippen MR) is 59.5 cm³/mol. The first kappa shape index (κ1) is 10.8. The molecule has 2 rings (SSSR count). The van der Waals surface area contributed by atoms with E-state index in [1.165, 1.54) is 0 Å². The molecule has 2 aromatic rings. The number of hydrogen-bond acceptors (Lipinski definition) is 5. The van der Waals surface area contributed by atoms with Crippen molar-refractivity contribution in [3.05, 3.63) is 30.3 Å². The monoisotopic (exact) mass is 218 g/mol. The number of hydrogen-bond donors (Lipinski definition) is 1. The van der Waals surface area contributed by atoms with Crippen LogP contribution >= 0.6 is 0 Å². The molecule has 5 nitrogen and oxygen atoms in total. The van der Waals surface area contributed by atoms with Crippen molar-refractivity contribution < 1.29 is 4.52 Å². The van der Waals surface area contributed by atoms with Crippen LogP contribution in [0.1, 0.15) is 19.7 Å². The summed E-state index contributed by atoms with van der Waals surface area (Å²) < 4.78 is 5.11. The molecule has 0 spiro atoms. The van der Waals surface area contributed by atoms with Crippen LogP contribution in [0, 0.1) is 0 Å². The van der Waals surface area contributed by atoms with Gasteiger partial charge in [-0.2, -0.15) is 4.98 Å². The van der Waals surface area contributed by atoms with Crippen molar-refractivity contribution in [1.29, 1.82) is 0 Å². The molecule has 0 radical (unpaired) electrons. The quantitative estimate of drug-likeness (QED) is 0.842. The molecule has 0 atom stereocenters. The van der Waals surface area contributed by atoms with Gasteiger partial charge in [-0.25, -0.2) is 0 Å². The second-order valence-corrected chi connectivity index (χ2v) is 4.39. The summed E-state index contributed by atoms with van der Waals surface area (Å²) in [6, 6.07) is 5.56. The fourth-order valence-corrected chi connectivity index (χ4v) is 1.32. The highest BCUT2D eigenvalue weighted by atomic mass is 16.5. The van der Waals surface area contributed by atoms with Gasteiger partial charge in [0.2, 0.25) is 11.7 Å². The molecular weight excluding hydrogens is 204 g/mol. The van der Waals surface area contributed by atoms with Gasteiger partial charge >= 0.3 is 0 Å². The minimum absolute atomic E-state index is 0.353. The predicted octanol–water partition coefficient (Wildman–Crippen LogP) is 1.41. The van der Waals surface area contributed by atoms with Crippen molar-refractivity contribution in [1.82, 2.24) is 15.1 Å². The van der Waals surface area contributed by atoms with Crippen LogP contribution in [-0.4, -0.2) is 20.7 Å². The first-order valence-electron chi connectivity index (χ1n) is 5.07. The molecule has 2 aromatic heterocycles. The smallest absolute Gasteiger partial charge is 0.228 e. The molecule has 84 valence electrons. The molecule has 0 amide bonds. The Morgan fingerprint density at radius 3 is 2.81 bits per heavy atom. The van der Waals surface area contributed by atoms with Crippen molar-refractivity contribution in [3.63, 3.8) is 0 Å². The molecule has 0 aliphatic rings. The van der Waals surface area contributed by atoms with Crippen LogP contribution in [0.5, 0.6) is 0 Å². The molecule has 0 aliphatic carbocycles. The van der Waals surface area contributed by atoms with Crippen LogP contribution in [0.15, 0.2) is 28.9 Å². The van der Waals surface area contributed by atoms with E-state index in [1.807, 2.05) is 32.0 Å². The zero-order chi connectivity index (χ0) is 11.6. The van der Waals surface area contributed by atoms with Gasteiger partial charge in [-0.3, -0.25) is 4.98 Å². The molecule has 2 N–H and O–H groups in total. The molecule has 2 heterocycles. The first-order valence-corrected chi connectivity index (χ1v) is 5.07. The highest BCUT2D eigenvalue weighted by Gasteiger charge is 2.17. The normalized spacial score (nSPS) is 11.7. The van der Waals surface area contributed by atoms with Gasteiger partial charge in [0.1, 0.15) is 5.69 Å². The Labute approximate surface area is 93.7 Å². The standard InChI is InChI=1S/C11H14N4O/c1-11(2,12)7-9-14-10(15-16-9)8-5-3-4-6-13-8/h3-6H,7,12H2,1-2H3. The highest BCUT2D eigenvalue weighted by Crippen LogP contribution is 2.14. The van der Waals surface area contributed by atoms with Gasteiger partial charge in [-0.05, 0) is 26.0 Å². The summed E-state index contributed by atoms with van der Waals surface area (Å²) >= 11 is 0. The topological polar surface area (TPSA) is 77.8 Å². The largest absolute Gasteiger partial charge is 0.339 e. The number of rotatable bonds is 3. The average Bonchev–Trinajstić information content (AvgIpc) is 2.65. The molecule has 0 fully saturated rings. The van der Waals surface area contributed by atoms with E-state index in [0.717, 1.165) is 0 Å². The molecule has 0 aliphatic heterocycles. The summed E-state index contributed by atoms with van der Waals surface area (Å²) in [6.45, 7) is 3.83. The number of pyridine rings is 1. The van der Waals surface area contributed by atoms with Crippen LogP contribution in [-0.2, 0) is 6.42 Å². The van der Waals surface area contributed by atoms with Crippen molar-refractivity contribution >= 4 is 0 Å². The maximum Gasteiger partial charge on any atom is 0.228 e. The van der Waals surface area contributed by atoms with Crippen LogP contribution < -0.4 is 5.73 Å². The first-order chi connectivity index (χ1) is 7.54. The molecule has 0 aromatic carbocycles. The Hall–Kier alpha value is -1.75. The molecular formula is C11H14N4O. The highest BCUT2D eigenvalue weighted by molar-refractivity contribution is 5.47. The molecule has 16 heavy (non-hydrogen) atoms. The fourth-order valence-electron chi connectivity index (χ4n) is 1.32. The van der Waals surface area contributed by atoms with E-state index < -0.39 is 0 Å². The summed E-state index contributed by atoms with van der Waals surface area (Å²) in [5, 5.41) is 3.87. The minimum Gasteiger partial charge on any atom is -0.339 e. The lowest BCUT2D eigenvalue weighted by Gasteiger charge is -2.14. The zero-order valence-corrected chi connectivity index (χ0v) is 9.34. The van der Waals surface area contributed by atoms with Gasteiger partial charge < -0.3 is 10.3 Å². The van der Waals surface area contributed by atoms with E-state index in [2.05, 4.69) is 15.1 Å². The maximum absolute atomic E-state index is 5.87. The van der Waals surface area contributed by atoms with Gasteiger partial charge in [0, 0.05) is 18.2 Å². The van der Waals surface area contributed by atoms with Crippen LogP contribution in [0.3, 0.4) is 0 Å². The molecule has 0 saturated heterocycles. The van der Waals surface area contributed by atoms with E-state index in [1.54, 1.807) is 6.20 Å². The lowest BCUT2D eigenvalue weighted by atomic mass is 10.0. The summed E-state index contributed by atoms with van der Waals surface area (Å²) in [7, 11) is 0. The number of nitrogens with zero attached hydrogens (tertiary/aromatic N) is 3. The summed E-state index contributed by atoms with van der Waals surface area (Å²) in [4.78, 5) is 8.39. The SMILES string of the molecule is CC(C)(N)Cc1nc(-c2ccccn2)no1. The van der Waals surface area contributed by atoms with E-state index in [-0.39, 0.29) is 5.54 Å². The Bertz CT molecular complexity index is 458. The minimum atomic E-state index is -0.353. The third-order valence-corrected chi connectivity index (χ3v) is 1.97. The summed E-state index contributed by atoms with van der Waals surface area (Å²) in [5.41, 5.74) is 6.22. The van der Waals surface area contributed by atoms with Crippen molar-refractivity contribution in [3.8, 4) is 11.5 Å². The van der Waals surface area contributed by atoms with E-state index in [0.29, 0.717) is 23.8 Å². The van der Waals surface area contributed by atoms with Crippen molar-refractivity contribution in [2.75, 3.05) is 0 Å². The maximum atomic E-state index is 5.87. The lowest BCUT2D eigenvalue weighted by Crippen LogP contribution is -2.34. The van der Waals surface area contributed by atoms with E-state index in [9.17, 15) is 0 Å². The van der Waals surface area contributed by atoms with Gasteiger partial charge in [-0.15, -0.1) is 0 Å². The molecule has 0 unspecified atom stereocenters. The molecule has 5 heteroatoms. The second kappa shape index (κ2) is 4.02. The Morgan fingerprint density at radius 2 is 2.19 bits per heavy atom. The van der Waals surface area contributed by atoms with Gasteiger partial charge in [0.05, 0.1) is 0 Å². The molecule has 0 saturated carbocycles. The Kier molecular flexibility index (Phi) is 2.70. The summed E-state index contributed by atoms with van der Waals surface area (Å²) in [6.07, 6.45) is 2.24. The van der Waals surface area contributed by atoms with Crippen molar-refractivity contribution in [2.24, 2.45) is 5.73 Å². The van der Waals surface area contributed by atoms with Crippen LogP contribution in [0.25, 0.3) is 11.5 Å². The van der Waals surface area contributed by atoms with Crippen LogP contribution in [0.4, 0.5) is 0 Å². The van der Waals surface area contributed by atoms with Gasteiger partial charge in [-0.1, -0.05) is 11.2 Å². The Morgan fingerprint density at radius 1 is 1.38 bits per heavy atom. The Balaban J connectivity index is 2.21. The lowest BCUT2D eigenvalue weighted by molar-refractivity contribution is 0.348. The average molecular weight is 218 g/mol. The summed E-state index contributed by atoms with van der Waals surface area (Å²) in [5.74, 6) is 1.04. The molecule has 0 bridgehead atoms. The number of nitrogens with two attached hydrogens (primary N) is 1. The van der Waals surface area contributed by atoms with Crippen molar-refractivity contribution in [2.45, 2.75) is 25.8 Å². The van der Waals surface area contributed by atoms with Gasteiger partial charge in [0.25, 0.3) is 0 Å². The third-order valence-electron chi connectivity index (χ3n) is 1.97. The number of aromatic nitrogens is 3.